The Morgan fingerprint density at radius 3 is 2.72 bits per heavy atom. The van der Waals surface area contributed by atoms with Crippen LogP contribution >= 0.6 is 11.3 Å². The Hall–Kier alpha value is -1.36. The summed E-state index contributed by atoms with van der Waals surface area (Å²) in [6, 6.07) is 1.99. The molecule has 18 heavy (non-hydrogen) atoms. The second kappa shape index (κ2) is 6.54. The molecule has 1 amide bonds. The third-order valence-electron chi connectivity index (χ3n) is 2.98. The van der Waals surface area contributed by atoms with Gasteiger partial charge in [0.2, 0.25) is 5.91 Å². The van der Waals surface area contributed by atoms with Gasteiger partial charge >= 0.3 is 5.97 Å². The zero-order valence-corrected chi connectivity index (χ0v) is 11.5. The highest BCUT2D eigenvalue weighted by Gasteiger charge is 2.27. The van der Waals surface area contributed by atoms with E-state index in [4.69, 9.17) is 5.11 Å². The molecule has 0 spiro atoms. The molecule has 1 atom stereocenters. The molecule has 100 valence electrons. The Morgan fingerprint density at radius 1 is 1.50 bits per heavy atom. The Bertz CT molecular complexity index is 402. The van der Waals surface area contributed by atoms with Crippen molar-refractivity contribution in [3.8, 4) is 0 Å². The van der Waals surface area contributed by atoms with E-state index in [1.165, 1.54) is 0 Å². The van der Waals surface area contributed by atoms with E-state index in [0.717, 1.165) is 5.56 Å². The van der Waals surface area contributed by atoms with E-state index in [9.17, 15) is 9.59 Å². The average Bonchev–Trinajstić information content (AvgIpc) is 2.78. The van der Waals surface area contributed by atoms with Crippen molar-refractivity contribution in [3.63, 3.8) is 0 Å². The number of aliphatic carboxylic acids is 1. The number of carboxylic acid groups (broad SMARTS) is 1. The lowest BCUT2D eigenvalue weighted by molar-refractivity contribution is -0.139. The lowest BCUT2D eigenvalue weighted by Crippen LogP contribution is -2.47. The van der Waals surface area contributed by atoms with Gasteiger partial charge in [0.25, 0.3) is 0 Å². The van der Waals surface area contributed by atoms with E-state index in [1.54, 1.807) is 18.3 Å². The molecule has 0 saturated heterocycles. The largest absolute Gasteiger partial charge is 0.481 e. The average molecular weight is 269 g/mol. The van der Waals surface area contributed by atoms with E-state index in [0.29, 0.717) is 19.3 Å². The topological polar surface area (TPSA) is 66.4 Å². The Kier molecular flexibility index (Phi) is 5.34. The van der Waals surface area contributed by atoms with Crippen LogP contribution in [0.2, 0.25) is 0 Å². The van der Waals surface area contributed by atoms with Crippen LogP contribution in [0.1, 0.15) is 38.7 Å². The maximum absolute atomic E-state index is 11.8. The summed E-state index contributed by atoms with van der Waals surface area (Å²) < 4.78 is 0. The van der Waals surface area contributed by atoms with Crippen LogP contribution in [0.5, 0.6) is 0 Å². The van der Waals surface area contributed by atoms with E-state index in [1.807, 2.05) is 23.8 Å². The zero-order chi connectivity index (χ0) is 13.6. The number of carboxylic acids is 1. The predicted octanol–water partition coefficient (Wildman–Crippen LogP) is 2.44. The quantitative estimate of drug-likeness (QED) is 0.799. The van der Waals surface area contributed by atoms with Crippen LogP contribution in [0.3, 0.4) is 0 Å². The molecule has 2 N–H and O–H groups in total. The number of nitrogens with one attached hydrogen (secondary N) is 1. The molecule has 4 nitrogen and oxygen atoms in total. The van der Waals surface area contributed by atoms with Gasteiger partial charge in [-0.2, -0.15) is 11.3 Å². The standard InChI is InChI=1S/C13H19NO3S/c1-3-13(2,8-12(16)17)14-11(15)5-4-10-6-7-18-9-10/h6-7,9H,3-5,8H2,1-2H3,(H,14,15)(H,16,17)/t13-/m1/s1. The maximum atomic E-state index is 11.8. The molecule has 0 unspecified atom stereocenters. The Labute approximate surface area is 111 Å². The fourth-order valence-corrected chi connectivity index (χ4v) is 2.39. The Morgan fingerprint density at radius 2 is 2.22 bits per heavy atom. The van der Waals surface area contributed by atoms with Gasteiger partial charge in [-0.05, 0) is 42.2 Å². The Balaban J connectivity index is 2.44. The summed E-state index contributed by atoms with van der Waals surface area (Å²) in [7, 11) is 0. The first-order chi connectivity index (χ1) is 8.45. The van der Waals surface area contributed by atoms with Crippen molar-refractivity contribution in [2.45, 2.75) is 45.1 Å². The fraction of sp³-hybridized carbons (Fsp3) is 0.538. The second-order valence-electron chi connectivity index (χ2n) is 4.66. The summed E-state index contributed by atoms with van der Waals surface area (Å²) in [5.41, 5.74) is 0.490. The molecular weight excluding hydrogens is 250 g/mol. The smallest absolute Gasteiger partial charge is 0.305 e. The lowest BCUT2D eigenvalue weighted by atomic mass is 9.94. The zero-order valence-electron chi connectivity index (χ0n) is 10.7. The van der Waals surface area contributed by atoms with Crippen LogP contribution in [0.15, 0.2) is 16.8 Å². The van der Waals surface area contributed by atoms with Crippen LogP contribution in [0.4, 0.5) is 0 Å². The van der Waals surface area contributed by atoms with Gasteiger partial charge in [0.15, 0.2) is 0 Å². The highest BCUT2D eigenvalue weighted by Crippen LogP contribution is 2.15. The van der Waals surface area contributed by atoms with Gasteiger partial charge in [0.05, 0.1) is 6.42 Å². The summed E-state index contributed by atoms with van der Waals surface area (Å²) in [6.07, 6.45) is 1.64. The number of hydrogen-bond acceptors (Lipinski definition) is 3. The monoisotopic (exact) mass is 269 g/mol. The minimum absolute atomic E-state index is 0.0479. The van der Waals surface area contributed by atoms with Gasteiger partial charge in [-0.15, -0.1) is 0 Å². The van der Waals surface area contributed by atoms with Crippen molar-refractivity contribution in [2.24, 2.45) is 0 Å². The van der Waals surface area contributed by atoms with Crippen molar-refractivity contribution in [3.05, 3.63) is 22.4 Å². The molecule has 0 saturated carbocycles. The third-order valence-corrected chi connectivity index (χ3v) is 3.72. The highest BCUT2D eigenvalue weighted by molar-refractivity contribution is 7.07. The summed E-state index contributed by atoms with van der Waals surface area (Å²) in [4.78, 5) is 22.5. The molecule has 0 aliphatic rings. The summed E-state index contributed by atoms with van der Waals surface area (Å²) in [5.74, 6) is -0.982. The first kappa shape index (κ1) is 14.7. The molecule has 0 aliphatic carbocycles. The van der Waals surface area contributed by atoms with Crippen molar-refractivity contribution in [2.75, 3.05) is 0 Å². The van der Waals surface area contributed by atoms with E-state index < -0.39 is 11.5 Å². The van der Waals surface area contributed by atoms with Crippen molar-refractivity contribution in [1.82, 2.24) is 5.32 Å². The first-order valence-electron chi connectivity index (χ1n) is 5.99. The highest BCUT2D eigenvalue weighted by atomic mass is 32.1. The molecule has 5 heteroatoms. The first-order valence-corrected chi connectivity index (χ1v) is 6.93. The number of hydrogen-bond donors (Lipinski definition) is 2. The molecule has 0 radical (unpaired) electrons. The van der Waals surface area contributed by atoms with E-state index in [-0.39, 0.29) is 12.3 Å². The summed E-state index contributed by atoms with van der Waals surface area (Å²) >= 11 is 1.61. The summed E-state index contributed by atoms with van der Waals surface area (Å²) in [5, 5.41) is 15.6. The van der Waals surface area contributed by atoms with Gasteiger partial charge in [0, 0.05) is 12.0 Å². The maximum Gasteiger partial charge on any atom is 0.305 e. The molecular formula is C13H19NO3S. The van der Waals surface area contributed by atoms with Gasteiger partial charge in [-0.25, -0.2) is 0 Å². The molecule has 1 heterocycles. The molecule has 0 aliphatic heterocycles. The van der Waals surface area contributed by atoms with Crippen LogP contribution in [-0.4, -0.2) is 22.5 Å². The second-order valence-corrected chi connectivity index (χ2v) is 5.44. The van der Waals surface area contributed by atoms with E-state index >= 15 is 0 Å². The minimum atomic E-state index is -0.891. The number of rotatable bonds is 7. The molecule has 1 aromatic heterocycles. The van der Waals surface area contributed by atoms with Gasteiger partial charge < -0.3 is 10.4 Å². The van der Waals surface area contributed by atoms with Crippen molar-refractivity contribution >= 4 is 23.2 Å². The van der Waals surface area contributed by atoms with Gasteiger partial charge in [-0.1, -0.05) is 6.92 Å². The molecule has 1 aromatic rings. The number of thiophene rings is 1. The molecule has 0 bridgehead atoms. The molecule has 1 rings (SSSR count). The minimum Gasteiger partial charge on any atom is -0.481 e. The normalized spacial score (nSPS) is 13.9. The summed E-state index contributed by atoms with van der Waals surface area (Å²) in [6.45, 7) is 3.64. The van der Waals surface area contributed by atoms with Crippen LogP contribution in [0.25, 0.3) is 0 Å². The SMILES string of the molecule is CC[C@](C)(CC(=O)O)NC(=O)CCc1ccsc1. The van der Waals surface area contributed by atoms with Crippen LogP contribution < -0.4 is 5.32 Å². The fourth-order valence-electron chi connectivity index (χ4n) is 1.68. The third kappa shape index (κ3) is 4.87. The molecule has 0 aromatic carbocycles. The van der Waals surface area contributed by atoms with Crippen LogP contribution in [0, 0.1) is 0 Å². The number of carbonyl (C=O) groups excluding carboxylic acids is 1. The van der Waals surface area contributed by atoms with Crippen LogP contribution in [-0.2, 0) is 16.0 Å². The number of aryl methyl sites for hydroxylation is 1. The van der Waals surface area contributed by atoms with E-state index in [2.05, 4.69) is 5.32 Å². The number of amides is 1. The predicted molar refractivity (Wildman–Crippen MR) is 71.7 cm³/mol. The molecule has 0 fully saturated rings. The van der Waals surface area contributed by atoms with Gasteiger partial charge in [0.1, 0.15) is 0 Å². The lowest BCUT2D eigenvalue weighted by Gasteiger charge is -2.27. The van der Waals surface area contributed by atoms with Crippen molar-refractivity contribution in [1.29, 1.82) is 0 Å². The number of carbonyl (C=O) groups is 2. The van der Waals surface area contributed by atoms with Crippen molar-refractivity contribution < 1.29 is 14.7 Å². The van der Waals surface area contributed by atoms with Gasteiger partial charge in [-0.3, -0.25) is 9.59 Å².